The van der Waals surface area contributed by atoms with Gasteiger partial charge in [0.15, 0.2) is 0 Å². The molecule has 0 aliphatic rings. The molecule has 3 aromatic rings. The molecule has 1 aromatic heterocycles. The average Bonchev–Trinajstić information content (AvgIpc) is 2.96. The van der Waals surface area contributed by atoms with Gasteiger partial charge in [0.05, 0.1) is 11.4 Å². The smallest absolute Gasteiger partial charge is 0.0927 e. The normalized spacial score (nSPS) is 11.0. The first kappa shape index (κ1) is 12.2. The Bertz CT molecular complexity index is 710. The Hall–Kier alpha value is -2.81. The SMILES string of the molecule is Nc1ccc(-c2cc(/C=C/c3ccccc3)[nH]n2)cc1. The Morgan fingerprint density at radius 2 is 1.65 bits per heavy atom. The topological polar surface area (TPSA) is 54.7 Å². The zero-order valence-electron chi connectivity index (χ0n) is 11.0. The summed E-state index contributed by atoms with van der Waals surface area (Å²) in [6.45, 7) is 0. The molecule has 3 heteroatoms. The largest absolute Gasteiger partial charge is 0.399 e. The number of hydrogen-bond donors (Lipinski definition) is 2. The number of nitrogens with two attached hydrogens (primary N) is 1. The van der Waals surface area contributed by atoms with Crippen LogP contribution >= 0.6 is 0 Å². The number of nitrogen functional groups attached to an aromatic ring is 1. The molecule has 2 aromatic carbocycles. The van der Waals surface area contributed by atoms with Crippen molar-refractivity contribution >= 4 is 17.8 Å². The van der Waals surface area contributed by atoms with Gasteiger partial charge in [-0.25, -0.2) is 0 Å². The molecular formula is C17H15N3. The number of nitrogens with one attached hydrogen (secondary N) is 1. The number of benzene rings is 2. The van der Waals surface area contributed by atoms with E-state index in [0.717, 1.165) is 28.2 Å². The van der Waals surface area contributed by atoms with Gasteiger partial charge in [0.1, 0.15) is 0 Å². The van der Waals surface area contributed by atoms with E-state index in [0.29, 0.717) is 0 Å². The Kier molecular flexibility index (Phi) is 3.33. The van der Waals surface area contributed by atoms with E-state index in [2.05, 4.69) is 28.4 Å². The van der Waals surface area contributed by atoms with Crippen molar-refractivity contribution < 1.29 is 0 Å². The third kappa shape index (κ3) is 2.78. The minimum atomic E-state index is 0.758. The molecule has 20 heavy (non-hydrogen) atoms. The fourth-order valence-electron chi connectivity index (χ4n) is 1.97. The lowest BCUT2D eigenvalue weighted by Crippen LogP contribution is -1.83. The van der Waals surface area contributed by atoms with Crippen molar-refractivity contribution in [1.82, 2.24) is 10.2 Å². The van der Waals surface area contributed by atoms with Crippen molar-refractivity contribution in [3.8, 4) is 11.3 Å². The van der Waals surface area contributed by atoms with Gasteiger partial charge in [-0.2, -0.15) is 5.10 Å². The number of rotatable bonds is 3. The molecule has 0 aliphatic carbocycles. The van der Waals surface area contributed by atoms with Crippen molar-refractivity contribution in [1.29, 1.82) is 0 Å². The molecule has 0 radical (unpaired) electrons. The quantitative estimate of drug-likeness (QED) is 0.704. The predicted octanol–water partition coefficient (Wildman–Crippen LogP) is 3.83. The Morgan fingerprint density at radius 3 is 2.40 bits per heavy atom. The molecule has 0 amide bonds. The third-order valence-electron chi connectivity index (χ3n) is 3.06. The van der Waals surface area contributed by atoms with Crippen LogP contribution in [-0.2, 0) is 0 Å². The molecule has 0 bridgehead atoms. The molecular weight excluding hydrogens is 246 g/mol. The van der Waals surface area contributed by atoms with Crippen molar-refractivity contribution in [2.75, 3.05) is 5.73 Å². The molecule has 0 saturated carbocycles. The van der Waals surface area contributed by atoms with Gasteiger partial charge in [-0.3, -0.25) is 5.10 Å². The van der Waals surface area contributed by atoms with Crippen LogP contribution in [-0.4, -0.2) is 10.2 Å². The Balaban J connectivity index is 1.80. The van der Waals surface area contributed by atoms with E-state index in [1.54, 1.807) is 0 Å². The summed E-state index contributed by atoms with van der Waals surface area (Å²) in [6, 6.07) is 19.9. The lowest BCUT2D eigenvalue weighted by molar-refractivity contribution is 1.08. The number of aromatic nitrogens is 2. The first-order valence-electron chi connectivity index (χ1n) is 6.46. The number of anilines is 1. The van der Waals surface area contributed by atoms with Gasteiger partial charge in [-0.05, 0) is 29.8 Å². The van der Waals surface area contributed by atoms with E-state index in [1.165, 1.54) is 0 Å². The number of H-pyrrole nitrogens is 1. The molecule has 0 aliphatic heterocycles. The Labute approximate surface area is 117 Å². The highest BCUT2D eigenvalue weighted by Crippen LogP contribution is 2.19. The summed E-state index contributed by atoms with van der Waals surface area (Å²) in [5, 5.41) is 7.33. The van der Waals surface area contributed by atoms with Crippen LogP contribution in [0.3, 0.4) is 0 Å². The van der Waals surface area contributed by atoms with Gasteiger partial charge in [0, 0.05) is 11.3 Å². The minimum Gasteiger partial charge on any atom is -0.399 e. The zero-order chi connectivity index (χ0) is 13.8. The molecule has 98 valence electrons. The molecule has 3 nitrogen and oxygen atoms in total. The van der Waals surface area contributed by atoms with E-state index < -0.39 is 0 Å². The van der Waals surface area contributed by atoms with Gasteiger partial charge in [0.25, 0.3) is 0 Å². The van der Waals surface area contributed by atoms with Gasteiger partial charge in [-0.15, -0.1) is 0 Å². The van der Waals surface area contributed by atoms with E-state index in [1.807, 2.05) is 54.6 Å². The minimum absolute atomic E-state index is 0.758. The predicted molar refractivity (Wildman–Crippen MR) is 83.8 cm³/mol. The monoisotopic (exact) mass is 261 g/mol. The van der Waals surface area contributed by atoms with Crippen LogP contribution < -0.4 is 5.73 Å². The number of aromatic amines is 1. The highest BCUT2D eigenvalue weighted by molar-refractivity contribution is 5.71. The van der Waals surface area contributed by atoms with E-state index in [4.69, 9.17) is 5.73 Å². The maximum absolute atomic E-state index is 5.68. The molecule has 0 saturated heterocycles. The maximum atomic E-state index is 5.68. The van der Waals surface area contributed by atoms with Crippen molar-refractivity contribution in [2.45, 2.75) is 0 Å². The molecule has 0 spiro atoms. The van der Waals surface area contributed by atoms with Crippen LogP contribution in [0.5, 0.6) is 0 Å². The van der Waals surface area contributed by atoms with Gasteiger partial charge in [0.2, 0.25) is 0 Å². The first-order valence-corrected chi connectivity index (χ1v) is 6.46. The Morgan fingerprint density at radius 1 is 0.900 bits per heavy atom. The second-order valence-electron chi connectivity index (χ2n) is 4.57. The molecule has 3 rings (SSSR count). The molecule has 1 heterocycles. The third-order valence-corrected chi connectivity index (χ3v) is 3.06. The maximum Gasteiger partial charge on any atom is 0.0927 e. The van der Waals surface area contributed by atoms with E-state index >= 15 is 0 Å². The van der Waals surface area contributed by atoms with Gasteiger partial charge >= 0.3 is 0 Å². The standard InChI is InChI=1S/C17H15N3/c18-15-9-7-14(8-10-15)17-12-16(19-20-17)11-6-13-4-2-1-3-5-13/h1-12H,18H2,(H,19,20)/b11-6+. The fraction of sp³-hybridized carbons (Fsp3) is 0. The lowest BCUT2D eigenvalue weighted by atomic mass is 10.1. The summed E-state index contributed by atoms with van der Waals surface area (Å²) in [7, 11) is 0. The molecule has 3 N–H and O–H groups in total. The van der Waals surface area contributed by atoms with Crippen LogP contribution in [0.25, 0.3) is 23.4 Å². The number of hydrogen-bond acceptors (Lipinski definition) is 2. The first-order chi connectivity index (χ1) is 9.81. The van der Waals surface area contributed by atoms with E-state index in [9.17, 15) is 0 Å². The summed E-state index contributed by atoms with van der Waals surface area (Å²) in [5.74, 6) is 0. The second kappa shape index (κ2) is 5.45. The molecule has 0 atom stereocenters. The average molecular weight is 261 g/mol. The van der Waals surface area contributed by atoms with Crippen LogP contribution in [0.4, 0.5) is 5.69 Å². The summed E-state index contributed by atoms with van der Waals surface area (Å²) < 4.78 is 0. The van der Waals surface area contributed by atoms with Crippen molar-refractivity contribution in [3.63, 3.8) is 0 Å². The lowest BCUT2D eigenvalue weighted by Gasteiger charge is -1.96. The van der Waals surface area contributed by atoms with Crippen LogP contribution in [0, 0.1) is 0 Å². The molecule has 0 fully saturated rings. The summed E-state index contributed by atoms with van der Waals surface area (Å²) in [5.41, 5.74) is 10.5. The van der Waals surface area contributed by atoms with Gasteiger partial charge in [-0.1, -0.05) is 48.5 Å². The second-order valence-corrected chi connectivity index (χ2v) is 4.57. The van der Waals surface area contributed by atoms with E-state index in [-0.39, 0.29) is 0 Å². The van der Waals surface area contributed by atoms with Crippen LogP contribution in [0.2, 0.25) is 0 Å². The van der Waals surface area contributed by atoms with Crippen molar-refractivity contribution in [3.05, 3.63) is 71.9 Å². The summed E-state index contributed by atoms with van der Waals surface area (Å²) >= 11 is 0. The van der Waals surface area contributed by atoms with Crippen LogP contribution in [0.15, 0.2) is 60.7 Å². The van der Waals surface area contributed by atoms with Gasteiger partial charge < -0.3 is 5.73 Å². The molecule has 0 unspecified atom stereocenters. The summed E-state index contributed by atoms with van der Waals surface area (Å²) in [4.78, 5) is 0. The van der Waals surface area contributed by atoms with Crippen LogP contribution in [0.1, 0.15) is 11.3 Å². The highest BCUT2D eigenvalue weighted by atomic mass is 15.1. The zero-order valence-corrected chi connectivity index (χ0v) is 11.0. The van der Waals surface area contributed by atoms with Crippen molar-refractivity contribution in [2.24, 2.45) is 0 Å². The summed E-state index contributed by atoms with van der Waals surface area (Å²) in [6.07, 6.45) is 4.07. The fourth-order valence-corrected chi connectivity index (χ4v) is 1.97. The number of nitrogens with zero attached hydrogens (tertiary/aromatic N) is 1. The highest BCUT2D eigenvalue weighted by Gasteiger charge is 2.01.